The van der Waals surface area contributed by atoms with E-state index in [1.54, 1.807) is 12.3 Å². The van der Waals surface area contributed by atoms with Crippen LogP contribution < -0.4 is 10.6 Å². The Morgan fingerprint density at radius 2 is 2.20 bits per heavy atom. The molecule has 0 saturated carbocycles. The largest absolute Gasteiger partial charge is 0.490 e. The standard InChI is InChI=1S/C20H18ClFIN5O2/c1-11-5-13-9-25-28-17(13)7-16(11)26-20(23)27-19(29)18(30-2)10-24-8-12-3-4-15(22)14(21)6-12/h3-7,9-10,24H,8H2,1-2H3,(H,25,28)(H,26,27,29)/b18-10+. The number of nitrogens with one attached hydrogen (secondary N) is 3. The summed E-state index contributed by atoms with van der Waals surface area (Å²) in [5.41, 5.74) is 3.43. The summed E-state index contributed by atoms with van der Waals surface area (Å²) in [7, 11) is 1.38. The molecule has 0 atom stereocenters. The molecular formula is C20H18ClFIN5O2. The first-order valence-corrected chi connectivity index (χ1v) is 10.2. The second-order valence-electron chi connectivity index (χ2n) is 6.30. The first kappa shape index (κ1) is 22.0. The summed E-state index contributed by atoms with van der Waals surface area (Å²) >= 11 is 7.71. The van der Waals surface area contributed by atoms with E-state index in [1.165, 1.54) is 25.4 Å². The molecule has 0 aliphatic rings. The van der Waals surface area contributed by atoms with Crippen molar-refractivity contribution in [2.24, 2.45) is 4.99 Å². The van der Waals surface area contributed by atoms with Crippen LogP contribution >= 0.6 is 34.2 Å². The van der Waals surface area contributed by atoms with E-state index >= 15 is 0 Å². The smallest absolute Gasteiger partial charge is 0.315 e. The predicted octanol–water partition coefficient (Wildman–Crippen LogP) is 4.67. The van der Waals surface area contributed by atoms with Gasteiger partial charge in [-0.05, 0) is 64.9 Å². The molecule has 0 bridgehead atoms. The third-order valence-electron chi connectivity index (χ3n) is 4.18. The van der Waals surface area contributed by atoms with Gasteiger partial charge in [-0.1, -0.05) is 17.7 Å². The maximum Gasteiger partial charge on any atom is 0.315 e. The van der Waals surface area contributed by atoms with Gasteiger partial charge in [0.05, 0.1) is 23.8 Å². The number of benzene rings is 2. The van der Waals surface area contributed by atoms with E-state index in [1.807, 2.05) is 41.6 Å². The molecule has 1 amide bonds. The summed E-state index contributed by atoms with van der Waals surface area (Å²) < 4.78 is 18.7. The molecule has 0 aliphatic carbocycles. The number of halogens is 3. The molecule has 0 fully saturated rings. The zero-order chi connectivity index (χ0) is 21.7. The number of hydrogen-bond donors (Lipinski definition) is 3. The normalized spacial score (nSPS) is 12.2. The number of fused-ring (bicyclic) bond motifs is 1. The number of nitrogens with zero attached hydrogens (tertiary/aromatic N) is 2. The quantitative estimate of drug-likeness (QED) is 0.105. The highest BCUT2D eigenvalue weighted by Crippen LogP contribution is 2.22. The van der Waals surface area contributed by atoms with Gasteiger partial charge in [-0.15, -0.1) is 0 Å². The van der Waals surface area contributed by atoms with Crippen molar-refractivity contribution < 1.29 is 13.9 Å². The first-order valence-electron chi connectivity index (χ1n) is 8.78. The predicted molar refractivity (Wildman–Crippen MR) is 124 cm³/mol. The van der Waals surface area contributed by atoms with Gasteiger partial charge in [-0.3, -0.25) is 9.89 Å². The number of aryl methyl sites for hydroxylation is 1. The second-order valence-corrected chi connectivity index (χ2v) is 7.73. The van der Waals surface area contributed by atoms with E-state index in [-0.39, 0.29) is 10.8 Å². The average molecular weight is 542 g/mol. The van der Waals surface area contributed by atoms with Crippen LogP contribution in [0, 0.1) is 12.7 Å². The van der Waals surface area contributed by atoms with Crippen molar-refractivity contribution in [2.75, 3.05) is 12.4 Å². The van der Waals surface area contributed by atoms with E-state index in [0.29, 0.717) is 10.4 Å². The van der Waals surface area contributed by atoms with Gasteiger partial charge in [0, 0.05) is 23.8 Å². The number of carbonyl (C=O) groups is 1. The lowest BCUT2D eigenvalue weighted by molar-refractivity contribution is -0.117. The number of rotatable bonds is 6. The number of aromatic amines is 1. The van der Waals surface area contributed by atoms with Gasteiger partial charge in [-0.25, -0.2) is 4.39 Å². The number of carbonyl (C=O) groups excluding carboxylic acids is 1. The van der Waals surface area contributed by atoms with Crippen LogP contribution in [0.25, 0.3) is 10.9 Å². The molecule has 0 unspecified atom stereocenters. The molecule has 3 rings (SSSR count). The van der Waals surface area contributed by atoms with Crippen molar-refractivity contribution >= 4 is 60.5 Å². The minimum Gasteiger partial charge on any atom is -0.490 e. The van der Waals surface area contributed by atoms with Crippen LogP contribution in [-0.2, 0) is 16.1 Å². The lowest BCUT2D eigenvalue weighted by Crippen LogP contribution is -2.13. The molecule has 3 N–H and O–H groups in total. The highest BCUT2D eigenvalue weighted by molar-refractivity contribution is 14.1. The van der Waals surface area contributed by atoms with Gasteiger partial charge in [0.25, 0.3) is 0 Å². The van der Waals surface area contributed by atoms with Crippen molar-refractivity contribution in [1.29, 1.82) is 0 Å². The third-order valence-corrected chi connectivity index (χ3v) is 4.98. The minimum atomic E-state index is -0.556. The van der Waals surface area contributed by atoms with Crippen molar-refractivity contribution in [3.05, 3.63) is 70.5 Å². The molecule has 0 radical (unpaired) electrons. The van der Waals surface area contributed by atoms with Crippen LogP contribution in [0.5, 0.6) is 0 Å². The van der Waals surface area contributed by atoms with E-state index in [9.17, 15) is 9.18 Å². The minimum absolute atomic E-state index is 0.0277. The topological polar surface area (TPSA) is 91.4 Å². The maximum absolute atomic E-state index is 13.2. The average Bonchev–Trinajstić information content (AvgIpc) is 3.15. The summed E-state index contributed by atoms with van der Waals surface area (Å²) in [5, 5.41) is 14.0. The third kappa shape index (κ3) is 5.48. The molecule has 0 spiro atoms. The fourth-order valence-corrected chi connectivity index (χ4v) is 3.36. The van der Waals surface area contributed by atoms with Crippen molar-refractivity contribution in [2.45, 2.75) is 13.5 Å². The molecule has 0 saturated heterocycles. The van der Waals surface area contributed by atoms with Crippen LogP contribution in [-0.4, -0.2) is 27.1 Å². The molecule has 2 aromatic carbocycles. The highest BCUT2D eigenvalue weighted by atomic mass is 127. The van der Waals surface area contributed by atoms with E-state index in [0.717, 1.165) is 27.7 Å². The van der Waals surface area contributed by atoms with Crippen LogP contribution in [0.4, 0.5) is 10.1 Å². The number of methoxy groups -OCH3 is 1. The van der Waals surface area contributed by atoms with E-state index in [4.69, 9.17) is 16.3 Å². The fourth-order valence-electron chi connectivity index (χ4n) is 2.64. The Labute approximate surface area is 190 Å². The number of ether oxygens (including phenoxy) is 1. The summed E-state index contributed by atoms with van der Waals surface area (Å²) in [6, 6.07) is 8.28. The maximum atomic E-state index is 13.2. The lowest BCUT2D eigenvalue weighted by Gasteiger charge is -2.09. The van der Waals surface area contributed by atoms with Gasteiger partial charge >= 0.3 is 5.91 Å². The van der Waals surface area contributed by atoms with Gasteiger partial charge in [0.15, 0.2) is 3.84 Å². The number of amides is 1. The molecular weight excluding hydrogens is 524 g/mol. The Bertz CT molecular complexity index is 1150. The Balaban J connectivity index is 1.66. The highest BCUT2D eigenvalue weighted by Gasteiger charge is 2.11. The summed E-state index contributed by atoms with van der Waals surface area (Å²) in [4.78, 5) is 16.4. The van der Waals surface area contributed by atoms with Gasteiger partial charge < -0.3 is 15.4 Å². The van der Waals surface area contributed by atoms with Crippen molar-refractivity contribution in [3.8, 4) is 0 Å². The number of anilines is 1. The molecule has 156 valence electrons. The molecule has 1 aromatic heterocycles. The summed E-state index contributed by atoms with van der Waals surface area (Å²) in [6.45, 7) is 2.29. The van der Waals surface area contributed by atoms with Gasteiger partial charge in [0.2, 0.25) is 5.76 Å². The molecule has 3 aromatic rings. The number of aliphatic imine (C=N–C) groups is 1. The number of aromatic nitrogens is 2. The van der Waals surface area contributed by atoms with Gasteiger partial charge in [-0.2, -0.15) is 10.1 Å². The molecule has 30 heavy (non-hydrogen) atoms. The number of H-pyrrole nitrogens is 1. The molecule has 10 heteroatoms. The zero-order valence-electron chi connectivity index (χ0n) is 16.1. The number of amidine groups is 1. The molecule has 1 heterocycles. The monoisotopic (exact) mass is 541 g/mol. The van der Waals surface area contributed by atoms with Crippen LogP contribution in [0.2, 0.25) is 5.02 Å². The Morgan fingerprint density at radius 1 is 1.40 bits per heavy atom. The SMILES string of the molecule is CO/C(=C/NCc1ccc(F)c(Cl)c1)C(=O)/N=C(\I)Nc1cc2[nH]ncc2cc1C. The summed E-state index contributed by atoms with van der Waals surface area (Å²) in [6.07, 6.45) is 3.16. The van der Waals surface area contributed by atoms with Crippen LogP contribution in [0.3, 0.4) is 0 Å². The first-order chi connectivity index (χ1) is 14.4. The zero-order valence-corrected chi connectivity index (χ0v) is 19.0. The Morgan fingerprint density at radius 3 is 2.93 bits per heavy atom. The van der Waals surface area contributed by atoms with E-state index in [2.05, 4.69) is 25.8 Å². The molecule has 7 nitrogen and oxygen atoms in total. The summed E-state index contributed by atoms with van der Waals surface area (Å²) in [5.74, 6) is -1.01. The van der Waals surface area contributed by atoms with Crippen molar-refractivity contribution in [3.63, 3.8) is 0 Å². The van der Waals surface area contributed by atoms with E-state index < -0.39 is 11.7 Å². The van der Waals surface area contributed by atoms with Crippen LogP contribution in [0.1, 0.15) is 11.1 Å². The fraction of sp³-hybridized carbons (Fsp3) is 0.150. The van der Waals surface area contributed by atoms with Gasteiger partial charge in [0.1, 0.15) is 5.82 Å². The second kappa shape index (κ2) is 9.90. The number of hydrogen-bond acceptors (Lipinski definition) is 4. The molecule has 0 aliphatic heterocycles. The van der Waals surface area contributed by atoms with Crippen LogP contribution in [0.15, 0.2) is 53.5 Å². The Kier molecular flexibility index (Phi) is 7.27. The Hall–Kier alpha value is -2.66. The lowest BCUT2D eigenvalue weighted by atomic mass is 10.1. The van der Waals surface area contributed by atoms with Crippen molar-refractivity contribution in [1.82, 2.24) is 15.5 Å².